The van der Waals surface area contributed by atoms with Crippen LogP contribution >= 0.6 is 0 Å². The van der Waals surface area contributed by atoms with Gasteiger partial charge in [-0.1, -0.05) is 31.0 Å². The lowest BCUT2D eigenvalue weighted by molar-refractivity contribution is -0.137. The fourth-order valence-corrected chi connectivity index (χ4v) is 2.56. The van der Waals surface area contributed by atoms with Gasteiger partial charge in [-0.25, -0.2) is 0 Å². The molecule has 0 fully saturated rings. The summed E-state index contributed by atoms with van der Waals surface area (Å²) >= 11 is 0. The Morgan fingerprint density at radius 3 is 1.96 bits per heavy atom. The number of para-hydroxylation sites is 1. The van der Waals surface area contributed by atoms with Crippen molar-refractivity contribution >= 4 is 23.5 Å². The van der Waals surface area contributed by atoms with Crippen LogP contribution in [0.2, 0.25) is 0 Å². The maximum Gasteiger partial charge on any atom is 0.303 e. The molecule has 0 saturated carbocycles. The van der Waals surface area contributed by atoms with Crippen molar-refractivity contribution < 1.29 is 19.5 Å². The third-order valence-corrected chi connectivity index (χ3v) is 4.04. The molecule has 6 nitrogen and oxygen atoms in total. The smallest absolute Gasteiger partial charge is 0.303 e. The van der Waals surface area contributed by atoms with Gasteiger partial charge in [-0.05, 0) is 49.2 Å². The summed E-state index contributed by atoms with van der Waals surface area (Å²) in [6, 6.07) is 15.7. The van der Waals surface area contributed by atoms with Crippen LogP contribution in [0.15, 0.2) is 54.6 Å². The van der Waals surface area contributed by atoms with Gasteiger partial charge in [0.1, 0.15) is 0 Å². The molecular formula is C21H24N2O4. The van der Waals surface area contributed by atoms with Gasteiger partial charge < -0.3 is 15.7 Å². The van der Waals surface area contributed by atoms with Gasteiger partial charge in [-0.15, -0.1) is 0 Å². The predicted octanol–water partition coefficient (Wildman–Crippen LogP) is 3.70. The van der Waals surface area contributed by atoms with Crippen molar-refractivity contribution in [2.75, 3.05) is 11.9 Å². The van der Waals surface area contributed by atoms with Crippen LogP contribution < -0.4 is 10.6 Å². The van der Waals surface area contributed by atoms with Crippen LogP contribution in [0.3, 0.4) is 0 Å². The summed E-state index contributed by atoms with van der Waals surface area (Å²) in [5.41, 5.74) is 1.69. The van der Waals surface area contributed by atoms with Gasteiger partial charge in [0, 0.05) is 29.8 Å². The van der Waals surface area contributed by atoms with Gasteiger partial charge in [0.2, 0.25) is 0 Å². The van der Waals surface area contributed by atoms with Crippen LogP contribution in [-0.4, -0.2) is 29.4 Å². The Balaban J connectivity index is 1.73. The molecule has 2 rings (SSSR count). The van der Waals surface area contributed by atoms with E-state index in [2.05, 4.69) is 10.6 Å². The zero-order valence-electron chi connectivity index (χ0n) is 15.1. The number of anilines is 1. The number of benzene rings is 2. The maximum absolute atomic E-state index is 12.2. The molecule has 0 aliphatic rings. The number of hydrogen-bond acceptors (Lipinski definition) is 3. The maximum atomic E-state index is 12.2. The SMILES string of the molecule is O=C(O)CCCCCCNC(=O)c1ccc(C(=O)Nc2ccccc2)cc1. The first-order valence-electron chi connectivity index (χ1n) is 9.03. The topological polar surface area (TPSA) is 95.5 Å². The third-order valence-electron chi connectivity index (χ3n) is 4.04. The number of amides is 2. The number of unbranched alkanes of at least 4 members (excludes halogenated alkanes) is 3. The quantitative estimate of drug-likeness (QED) is 0.557. The molecular weight excluding hydrogens is 344 g/mol. The van der Waals surface area contributed by atoms with E-state index < -0.39 is 5.97 Å². The van der Waals surface area contributed by atoms with E-state index in [0.717, 1.165) is 19.3 Å². The highest BCUT2D eigenvalue weighted by molar-refractivity contribution is 6.05. The molecule has 0 atom stereocenters. The molecule has 0 aliphatic carbocycles. The molecule has 0 saturated heterocycles. The highest BCUT2D eigenvalue weighted by atomic mass is 16.4. The second-order valence-electron chi connectivity index (χ2n) is 6.21. The molecule has 0 spiro atoms. The number of hydrogen-bond donors (Lipinski definition) is 3. The molecule has 2 amide bonds. The summed E-state index contributed by atoms with van der Waals surface area (Å²) in [5, 5.41) is 14.2. The van der Waals surface area contributed by atoms with E-state index in [1.165, 1.54) is 0 Å². The average Bonchev–Trinajstić information content (AvgIpc) is 2.67. The van der Waals surface area contributed by atoms with Crippen LogP contribution in [-0.2, 0) is 4.79 Å². The van der Waals surface area contributed by atoms with Gasteiger partial charge in [-0.3, -0.25) is 14.4 Å². The van der Waals surface area contributed by atoms with Gasteiger partial charge in [0.25, 0.3) is 11.8 Å². The van der Waals surface area contributed by atoms with E-state index in [1.807, 2.05) is 18.2 Å². The van der Waals surface area contributed by atoms with Gasteiger partial charge in [-0.2, -0.15) is 0 Å². The molecule has 0 aliphatic heterocycles. The lowest BCUT2D eigenvalue weighted by Gasteiger charge is -2.07. The van der Waals surface area contributed by atoms with Crippen LogP contribution in [0, 0.1) is 0 Å². The Morgan fingerprint density at radius 2 is 1.33 bits per heavy atom. The summed E-state index contributed by atoms with van der Waals surface area (Å²) in [4.78, 5) is 34.7. The van der Waals surface area contributed by atoms with E-state index in [9.17, 15) is 14.4 Å². The summed E-state index contributed by atoms with van der Waals surface area (Å²) in [6.45, 7) is 0.544. The highest BCUT2D eigenvalue weighted by Crippen LogP contribution is 2.10. The Morgan fingerprint density at radius 1 is 0.741 bits per heavy atom. The Labute approximate surface area is 158 Å². The van der Waals surface area contributed by atoms with Crippen molar-refractivity contribution in [2.45, 2.75) is 32.1 Å². The molecule has 0 aromatic heterocycles. The molecule has 0 unspecified atom stereocenters. The van der Waals surface area contributed by atoms with E-state index >= 15 is 0 Å². The molecule has 2 aromatic rings. The third kappa shape index (κ3) is 7.32. The highest BCUT2D eigenvalue weighted by Gasteiger charge is 2.09. The van der Waals surface area contributed by atoms with Crippen molar-refractivity contribution in [3.63, 3.8) is 0 Å². The van der Waals surface area contributed by atoms with E-state index in [1.54, 1.807) is 36.4 Å². The summed E-state index contributed by atoms with van der Waals surface area (Å²) in [6.07, 6.45) is 3.38. The van der Waals surface area contributed by atoms with Crippen LogP contribution in [0.25, 0.3) is 0 Å². The predicted molar refractivity (Wildman–Crippen MR) is 104 cm³/mol. The van der Waals surface area contributed by atoms with Gasteiger partial charge in [0.05, 0.1) is 0 Å². The molecule has 0 bridgehead atoms. The lowest BCUT2D eigenvalue weighted by atomic mass is 10.1. The molecule has 0 heterocycles. The number of carbonyl (C=O) groups excluding carboxylic acids is 2. The number of nitrogens with one attached hydrogen (secondary N) is 2. The first-order valence-corrected chi connectivity index (χ1v) is 9.03. The minimum Gasteiger partial charge on any atom is -0.481 e. The fraction of sp³-hybridized carbons (Fsp3) is 0.286. The largest absolute Gasteiger partial charge is 0.481 e. The standard InChI is InChI=1S/C21H24N2O4/c24-19(25)10-6-1-2-7-15-22-20(26)16-11-13-17(14-12-16)21(27)23-18-8-4-3-5-9-18/h3-5,8-9,11-14H,1-2,6-7,10,15H2,(H,22,26)(H,23,27)(H,24,25). The van der Waals surface area contributed by atoms with Crippen molar-refractivity contribution in [1.82, 2.24) is 5.32 Å². The molecule has 2 aromatic carbocycles. The number of carbonyl (C=O) groups is 3. The minimum atomic E-state index is -0.774. The zero-order valence-corrected chi connectivity index (χ0v) is 15.1. The van der Waals surface area contributed by atoms with Crippen LogP contribution in [0.5, 0.6) is 0 Å². The number of aliphatic carboxylic acids is 1. The number of carboxylic acid groups (broad SMARTS) is 1. The van der Waals surface area contributed by atoms with Gasteiger partial charge >= 0.3 is 5.97 Å². The molecule has 3 N–H and O–H groups in total. The van der Waals surface area contributed by atoms with Crippen LogP contribution in [0.4, 0.5) is 5.69 Å². The molecule has 142 valence electrons. The van der Waals surface area contributed by atoms with Crippen molar-refractivity contribution in [1.29, 1.82) is 0 Å². The van der Waals surface area contributed by atoms with Gasteiger partial charge in [0.15, 0.2) is 0 Å². The molecule has 27 heavy (non-hydrogen) atoms. The molecule has 6 heteroatoms. The summed E-state index contributed by atoms with van der Waals surface area (Å²) in [5.74, 6) is -1.19. The second-order valence-corrected chi connectivity index (χ2v) is 6.21. The first kappa shape index (κ1) is 20.2. The zero-order chi connectivity index (χ0) is 19.5. The van der Waals surface area contributed by atoms with Crippen LogP contribution in [0.1, 0.15) is 52.8 Å². The monoisotopic (exact) mass is 368 g/mol. The summed E-state index contributed by atoms with van der Waals surface area (Å²) < 4.78 is 0. The first-order chi connectivity index (χ1) is 13.1. The van der Waals surface area contributed by atoms with Crippen molar-refractivity contribution in [3.05, 3.63) is 65.7 Å². The fourth-order valence-electron chi connectivity index (χ4n) is 2.56. The van der Waals surface area contributed by atoms with E-state index in [4.69, 9.17) is 5.11 Å². The second kappa shape index (κ2) is 10.8. The lowest BCUT2D eigenvalue weighted by Crippen LogP contribution is -2.24. The van der Waals surface area contributed by atoms with E-state index in [0.29, 0.717) is 29.8 Å². The summed E-state index contributed by atoms with van der Waals surface area (Å²) in [7, 11) is 0. The molecule has 0 radical (unpaired) electrons. The normalized spacial score (nSPS) is 10.2. The minimum absolute atomic E-state index is 0.185. The Hall–Kier alpha value is -3.15. The van der Waals surface area contributed by atoms with Crippen molar-refractivity contribution in [2.24, 2.45) is 0 Å². The Bertz CT molecular complexity index is 758. The van der Waals surface area contributed by atoms with E-state index in [-0.39, 0.29) is 18.2 Å². The number of carboxylic acids is 1. The average molecular weight is 368 g/mol. The Kier molecular flexibility index (Phi) is 8.03. The van der Waals surface area contributed by atoms with Crippen molar-refractivity contribution in [3.8, 4) is 0 Å². The number of rotatable bonds is 10.